The van der Waals surface area contributed by atoms with Crippen LogP contribution < -0.4 is 0 Å². The van der Waals surface area contributed by atoms with E-state index in [1.165, 1.54) is 6.92 Å². The average Bonchev–Trinajstić information content (AvgIpc) is 2.11. The molecule has 0 aromatic carbocycles. The number of carbonyl (C=O) groups is 1. The highest BCUT2D eigenvalue weighted by Crippen LogP contribution is 2.17. The van der Waals surface area contributed by atoms with Gasteiger partial charge in [0.1, 0.15) is 0 Å². The summed E-state index contributed by atoms with van der Waals surface area (Å²) in [7, 11) is 0. The van der Waals surface area contributed by atoms with Crippen molar-refractivity contribution in [3.63, 3.8) is 0 Å². The molecule has 5 nitrogen and oxygen atoms in total. The predicted molar refractivity (Wildman–Crippen MR) is 49.8 cm³/mol. The minimum Gasteiger partial charge on any atom is -0.450 e. The number of hydrogen-bond donors (Lipinski definition) is 1. The zero-order chi connectivity index (χ0) is 11.0. The molecule has 84 valence electrons. The van der Waals surface area contributed by atoms with Crippen LogP contribution in [0.5, 0.6) is 0 Å². The smallest absolute Gasteiger partial charge is 0.450 e. The third-order valence-electron chi connectivity index (χ3n) is 1.76. The summed E-state index contributed by atoms with van der Waals surface area (Å²) in [5, 5.41) is 8.43. The van der Waals surface area contributed by atoms with Crippen LogP contribution in [-0.2, 0) is 14.5 Å². The van der Waals surface area contributed by atoms with Crippen LogP contribution in [0.25, 0.3) is 0 Å². The van der Waals surface area contributed by atoms with Gasteiger partial charge in [0.15, 0.2) is 0 Å². The molecule has 0 aliphatic rings. The number of rotatable bonds is 7. The highest BCUT2D eigenvalue weighted by molar-refractivity contribution is 5.57. The molecule has 0 rings (SSSR count). The van der Waals surface area contributed by atoms with Gasteiger partial charge in [-0.2, -0.15) is 4.89 Å². The van der Waals surface area contributed by atoms with Crippen molar-refractivity contribution in [2.75, 3.05) is 6.61 Å². The van der Waals surface area contributed by atoms with Crippen LogP contribution in [0.4, 0.5) is 4.79 Å². The van der Waals surface area contributed by atoms with Gasteiger partial charge in [0.05, 0.1) is 6.61 Å². The zero-order valence-electron chi connectivity index (χ0n) is 8.91. The monoisotopic (exact) mass is 206 g/mol. The molecule has 0 saturated heterocycles. The maximum absolute atomic E-state index is 10.3. The summed E-state index contributed by atoms with van der Waals surface area (Å²) in [6.07, 6.45) is 0.887. The first kappa shape index (κ1) is 13.2. The van der Waals surface area contributed by atoms with Gasteiger partial charge in [-0.1, -0.05) is 20.3 Å². The Morgan fingerprint density at radius 1 is 1.43 bits per heavy atom. The van der Waals surface area contributed by atoms with Crippen LogP contribution in [0.15, 0.2) is 0 Å². The Morgan fingerprint density at radius 2 is 2.07 bits per heavy atom. The lowest BCUT2D eigenvalue weighted by atomic mass is 10.2. The molecule has 0 spiro atoms. The van der Waals surface area contributed by atoms with Gasteiger partial charge >= 0.3 is 6.16 Å². The summed E-state index contributed by atoms with van der Waals surface area (Å²) in [5.74, 6) is -1.21. The molecule has 1 N–H and O–H groups in total. The Kier molecular flexibility index (Phi) is 6.23. The first-order valence-electron chi connectivity index (χ1n) is 4.76. The van der Waals surface area contributed by atoms with E-state index in [1.807, 2.05) is 6.92 Å². The van der Waals surface area contributed by atoms with E-state index in [1.54, 1.807) is 6.92 Å². The molecule has 1 atom stereocenters. The van der Waals surface area contributed by atoms with Crippen molar-refractivity contribution in [2.24, 2.45) is 0 Å². The van der Waals surface area contributed by atoms with Gasteiger partial charge in [-0.15, -0.1) is 0 Å². The van der Waals surface area contributed by atoms with Crippen molar-refractivity contribution in [3.05, 3.63) is 0 Å². The number of hydrogen-bond acceptors (Lipinski definition) is 4. The van der Waals surface area contributed by atoms with Gasteiger partial charge in [-0.05, 0) is 6.42 Å². The van der Waals surface area contributed by atoms with Gasteiger partial charge in [-0.25, -0.2) is 9.68 Å². The molecule has 0 fully saturated rings. The highest BCUT2D eigenvalue weighted by atomic mass is 17.2. The molecule has 0 aromatic heterocycles. The fraction of sp³-hybridized carbons (Fsp3) is 0.889. The molecule has 0 amide bonds. The third kappa shape index (κ3) is 5.77. The molecule has 0 aliphatic heterocycles. The molecule has 0 saturated carbocycles. The number of carboxylic acid groups (broad SMARTS) is 1. The van der Waals surface area contributed by atoms with E-state index in [9.17, 15) is 4.79 Å². The second-order valence-electron chi connectivity index (χ2n) is 3.11. The van der Waals surface area contributed by atoms with Gasteiger partial charge in [0, 0.05) is 13.3 Å². The van der Waals surface area contributed by atoms with E-state index in [-0.39, 0.29) is 0 Å². The standard InChI is InChI=1S/C9H18O5/c1-4-6-7-12-14-9(3,5-2)13-8(10)11/h4-7H2,1-3H3,(H,10,11). The summed E-state index contributed by atoms with van der Waals surface area (Å²) in [5.41, 5.74) is 0. The highest BCUT2D eigenvalue weighted by Gasteiger charge is 2.29. The lowest BCUT2D eigenvalue weighted by Gasteiger charge is -2.24. The molecule has 0 heterocycles. The molecule has 0 radical (unpaired) electrons. The molecule has 1 unspecified atom stereocenters. The molecule has 0 bridgehead atoms. The normalized spacial score (nSPS) is 14.8. The van der Waals surface area contributed by atoms with Crippen LogP contribution in [0.1, 0.15) is 40.0 Å². The van der Waals surface area contributed by atoms with Crippen molar-refractivity contribution in [1.29, 1.82) is 0 Å². The first-order valence-corrected chi connectivity index (χ1v) is 4.76. The Balaban J connectivity index is 3.80. The Morgan fingerprint density at radius 3 is 2.50 bits per heavy atom. The van der Waals surface area contributed by atoms with Crippen LogP contribution in [-0.4, -0.2) is 23.7 Å². The second kappa shape index (κ2) is 6.62. The Hall–Kier alpha value is -0.810. The quantitative estimate of drug-likeness (QED) is 0.228. The molecule has 0 aromatic rings. The van der Waals surface area contributed by atoms with Crippen molar-refractivity contribution in [1.82, 2.24) is 0 Å². The summed E-state index contributed by atoms with van der Waals surface area (Å²) < 4.78 is 4.54. The van der Waals surface area contributed by atoms with Gasteiger partial charge < -0.3 is 9.84 Å². The van der Waals surface area contributed by atoms with Crippen LogP contribution >= 0.6 is 0 Å². The minimum absolute atomic E-state index is 0.394. The minimum atomic E-state index is -1.37. The summed E-state index contributed by atoms with van der Waals surface area (Å²) in [4.78, 5) is 20.0. The third-order valence-corrected chi connectivity index (χ3v) is 1.76. The van der Waals surface area contributed by atoms with E-state index >= 15 is 0 Å². The van der Waals surface area contributed by atoms with Crippen molar-refractivity contribution < 1.29 is 24.4 Å². The lowest BCUT2D eigenvalue weighted by Crippen LogP contribution is -2.33. The van der Waals surface area contributed by atoms with E-state index in [4.69, 9.17) is 14.9 Å². The summed E-state index contributed by atoms with van der Waals surface area (Å²) in [6, 6.07) is 0. The van der Waals surface area contributed by atoms with Gasteiger partial charge in [-0.3, -0.25) is 0 Å². The van der Waals surface area contributed by atoms with Gasteiger partial charge in [0.25, 0.3) is 0 Å². The van der Waals surface area contributed by atoms with Gasteiger partial charge in [0.2, 0.25) is 5.79 Å². The Bertz CT molecular complexity index is 171. The van der Waals surface area contributed by atoms with Crippen molar-refractivity contribution in [2.45, 2.75) is 45.8 Å². The molecular formula is C9H18O5. The Labute approximate surface area is 83.9 Å². The van der Waals surface area contributed by atoms with E-state index in [0.29, 0.717) is 13.0 Å². The van der Waals surface area contributed by atoms with Crippen LogP contribution in [0.3, 0.4) is 0 Å². The molecule has 0 aliphatic carbocycles. The van der Waals surface area contributed by atoms with E-state index in [2.05, 4.69) is 4.74 Å². The first-order chi connectivity index (χ1) is 6.54. The maximum atomic E-state index is 10.3. The lowest BCUT2D eigenvalue weighted by molar-refractivity contribution is -0.413. The number of unbranched alkanes of at least 4 members (excludes halogenated alkanes) is 1. The summed E-state index contributed by atoms with van der Waals surface area (Å²) >= 11 is 0. The molecular weight excluding hydrogens is 188 g/mol. The van der Waals surface area contributed by atoms with E-state index in [0.717, 1.165) is 12.8 Å². The number of ether oxygens (including phenoxy) is 1. The fourth-order valence-electron chi connectivity index (χ4n) is 0.702. The van der Waals surface area contributed by atoms with E-state index < -0.39 is 11.9 Å². The fourth-order valence-corrected chi connectivity index (χ4v) is 0.702. The summed E-state index contributed by atoms with van der Waals surface area (Å²) in [6.45, 7) is 5.74. The zero-order valence-corrected chi connectivity index (χ0v) is 8.91. The second-order valence-corrected chi connectivity index (χ2v) is 3.11. The van der Waals surface area contributed by atoms with Crippen molar-refractivity contribution >= 4 is 6.16 Å². The average molecular weight is 206 g/mol. The van der Waals surface area contributed by atoms with Crippen molar-refractivity contribution in [3.8, 4) is 0 Å². The predicted octanol–water partition coefficient (Wildman–Crippen LogP) is 2.56. The topological polar surface area (TPSA) is 65.0 Å². The molecule has 14 heavy (non-hydrogen) atoms. The molecule has 5 heteroatoms. The van der Waals surface area contributed by atoms with Crippen LogP contribution in [0, 0.1) is 0 Å². The largest absolute Gasteiger partial charge is 0.508 e. The maximum Gasteiger partial charge on any atom is 0.508 e. The SMILES string of the molecule is CCCCOOC(C)(CC)OC(=O)O. The van der Waals surface area contributed by atoms with Crippen LogP contribution in [0.2, 0.25) is 0 Å².